The van der Waals surface area contributed by atoms with Gasteiger partial charge in [0.2, 0.25) is 0 Å². The molecule has 0 atom stereocenters. The Morgan fingerprint density at radius 1 is 1.17 bits per heavy atom. The number of hydrogen-bond acceptors (Lipinski definition) is 3. The van der Waals surface area contributed by atoms with Crippen molar-refractivity contribution in [2.45, 2.75) is 6.54 Å². The summed E-state index contributed by atoms with van der Waals surface area (Å²) in [4.78, 5) is 16.2. The van der Waals surface area contributed by atoms with Gasteiger partial charge in [-0.15, -0.1) is 0 Å². The number of carbonyl (C=O) groups excluding carboxylic acids is 1. The van der Waals surface area contributed by atoms with E-state index in [-0.39, 0.29) is 6.03 Å². The number of carbonyl (C=O) groups is 1. The Kier molecular flexibility index (Phi) is 4.43. The molecule has 0 fully saturated rings. The average molecular weight is 371 g/mol. The minimum Gasteiger partial charge on any atom is -0.384 e. The van der Waals surface area contributed by atoms with Gasteiger partial charge in [0.1, 0.15) is 5.82 Å². The zero-order valence-corrected chi connectivity index (χ0v) is 13.8. The molecule has 2 amide bonds. The molecule has 0 aliphatic carbocycles. The van der Waals surface area contributed by atoms with E-state index in [9.17, 15) is 4.79 Å². The van der Waals surface area contributed by atoms with Crippen molar-refractivity contribution >= 4 is 44.2 Å². The summed E-state index contributed by atoms with van der Waals surface area (Å²) in [6.07, 6.45) is 1.69. The predicted molar refractivity (Wildman–Crippen MR) is 96.2 cm³/mol. The topological polar surface area (TPSA) is 80.0 Å². The second-order valence-electron chi connectivity index (χ2n) is 5.07. The molecule has 0 aliphatic rings. The van der Waals surface area contributed by atoms with Crippen LogP contribution in [-0.4, -0.2) is 11.0 Å². The summed E-state index contributed by atoms with van der Waals surface area (Å²) < 4.78 is 1.01. The first-order valence-electron chi connectivity index (χ1n) is 7.05. The van der Waals surface area contributed by atoms with Crippen molar-refractivity contribution in [1.29, 1.82) is 0 Å². The van der Waals surface area contributed by atoms with Crippen LogP contribution >= 0.6 is 15.9 Å². The van der Waals surface area contributed by atoms with Gasteiger partial charge < -0.3 is 16.4 Å². The highest BCUT2D eigenvalue weighted by Crippen LogP contribution is 2.24. The van der Waals surface area contributed by atoms with Crippen LogP contribution in [-0.2, 0) is 6.54 Å². The second-order valence-corrected chi connectivity index (χ2v) is 5.99. The Hall–Kier alpha value is -2.60. The quantitative estimate of drug-likeness (QED) is 0.653. The first kappa shape index (κ1) is 15.3. The van der Waals surface area contributed by atoms with Crippen LogP contribution in [0.3, 0.4) is 0 Å². The number of nitrogens with zero attached hydrogens (tertiary/aromatic N) is 1. The Labute approximate surface area is 142 Å². The smallest absolute Gasteiger partial charge is 0.319 e. The lowest BCUT2D eigenvalue weighted by atomic mass is 10.1. The normalized spacial score (nSPS) is 10.5. The number of fused-ring (bicyclic) bond motifs is 1. The zero-order valence-electron chi connectivity index (χ0n) is 12.2. The summed E-state index contributed by atoms with van der Waals surface area (Å²) in [5.41, 5.74) is 7.45. The van der Waals surface area contributed by atoms with Gasteiger partial charge in [0.25, 0.3) is 0 Å². The van der Waals surface area contributed by atoms with Gasteiger partial charge in [-0.1, -0.05) is 40.2 Å². The van der Waals surface area contributed by atoms with E-state index in [1.807, 2.05) is 42.5 Å². The fourth-order valence-corrected chi connectivity index (χ4v) is 2.51. The van der Waals surface area contributed by atoms with Gasteiger partial charge in [-0.25, -0.2) is 9.78 Å². The minimum absolute atomic E-state index is 0.268. The average Bonchev–Trinajstić information content (AvgIpc) is 2.55. The number of pyridine rings is 1. The first-order valence-corrected chi connectivity index (χ1v) is 7.85. The van der Waals surface area contributed by atoms with Gasteiger partial charge in [0, 0.05) is 28.0 Å². The lowest BCUT2D eigenvalue weighted by Gasteiger charge is -2.10. The summed E-state index contributed by atoms with van der Waals surface area (Å²) in [5, 5.41) is 7.47. The zero-order chi connectivity index (χ0) is 16.2. The number of nitrogens with two attached hydrogens (primary N) is 1. The number of benzene rings is 2. The highest BCUT2D eigenvalue weighted by molar-refractivity contribution is 9.10. The van der Waals surface area contributed by atoms with E-state index in [2.05, 4.69) is 31.5 Å². The summed E-state index contributed by atoms with van der Waals surface area (Å²) in [6, 6.07) is 14.9. The molecule has 0 unspecified atom stereocenters. The molecule has 5 nitrogen and oxygen atoms in total. The maximum Gasteiger partial charge on any atom is 0.319 e. The van der Waals surface area contributed by atoms with E-state index in [0.29, 0.717) is 18.1 Å². The Balaban J connectivity index is 1.70. The third kappa shape index (κ3) is 3.78. The van der Waals surface area contributed by atoms with Crippen molar-refractivity contribution in [2.75, 3.05) is 11.1 Å². The van der Waals surface area contributed by atoms with Crippen LogP contribution in [0.25, 0.3) is 10.8 Å². The Morgan fingerprint density at radius 2 is 1.96 bits per heavy atom. The maximum atomic E-state index is 12.1. The van der Waals surface area contributed by atoms with Crippen molar-refractivity contribution < 1.29 is 4.79 Å². The molecule has 0 saturated carbocycles. The van der Waals surface area contributed by atoms with Crippen molar-refractivity contribution in [3.63, 3.8) is 0 Å². The van der Waals surface area contributed by atoms with E-state index in [1.165, 1.54) is 0 Å². The number of urea groups is 1. The van der Waals surface area contributed by atoms with Gasteiger partial charge in [-0.3, -0.25) is 0 Å². The monoisotopic (exact) mass is 370 g/mol. The van der Waals surface area contributed by atoms with Crippen LogP contribution in [0.4, 0.5) is 16.3 Å². The van der Waals surface area contributed by atoms with Crippen LogP contribution in [0.2, 0.25) is 0 Å². The van der Waals surface area contributed by atoms with E-state index in [1.54, 1.807) is 12.3 Å². The summed E-state index contributed by atoms with van der Waals surface area (Å²) in [5.74, 6) is 0.419. The van der Waals surface area contributed by atoms with Crippen LogP contribution in [0.5, 0.6) is 0 Å². The number of anilines is 2. The fourth-order valence-electron chi connectivity index (χ4n) is 2.25. The van der Waals surface area contributed by atoms with Crippen molar-refractivity contribution in [2.24, 2.45) is 0 Å². The molecule has 2 aromatic carbocycles. The molecule has 0 spiro atoms. The Morgan fingerprint density at radius 3 is 2.74 bits per heavy atom. The highest BCUT2D eigenvalue weighted by atomic mass is 79.9. The second kappa shape index (κ2) is 6.66. The maximum absolute atomic E-state index is 12.1. The third-order valence-corrected chi connectivity index (χ3v) is 3.93. The number of aromatic nitrogens is 1. The molecular formula is C17H15BrN4O. The number of halogens is 1. The lowest BCUT2D eigenvalue weighted by molar-refractivity contribution is 0.252. The predicted octanol–water partition coefficient (Wildman–Crippen LogP) is 3.90. The number of amides is 2. The number of nitrogen functional groups attached to an aromatic ring is 1. The molecule has 3 aromatic rings. The Bertz CT molecular complexity index is 849. The van der Waals surface area contributed by atoms with E-state index in [0.717, 1.165) is 20.8 Å². The van der Waals surface area contributed by atoms with Gasteiger partial charge in [-0.05, 0) is 29.8 Å². The van der Waals surface area contributed by atoms with Gasteiger partial charge >= 0.3 is 6.03 Å². The molecular weight excluding hydrogens is 356 g/mol. The van der Waals surface area contributed by atoms with Crippen LogP contribution < -0.4 is 16.4 Å². The molecule has 3 rings (SSSR count). The molecule has 1 aromatic heterocycles. The third-order valence-electron chi connectivity index (χ3n) is 3.40. The summed E-state index contributed by atoms with van der Waals surface area (Å²) in [7, 11) is 0. The molecule has 4 N–H and O–H groups in total. The lowest BCUT2D eigenvalue weighted by Crippen LogP contribution is -2.28. The molecule has 0 saturated heterocycles. The van der Waals surface area contributed by atoms with E-state index >= 15 is 0 Å². The molecule has 23 heavy (non-hydrogen) atoms. The molecule has 1 heterocycles. The standard InChI is InChI=1S/C17H15BrN4O/c18-13-6-4-11(5-7-13)9-21-17(23)22-15-3-1-2-12-10-20-16(19)8-14(12)15/h1-8,10H,9H2,(H2,19,20)(H2,21,22,23). The molecule has 0 radical (unpaired) electrons. The summed E-state index contributed by atoms with van der Waals surface area (Å²) >= 11 is 3.38. The molecule has 0 bridgehead atoms. The van der Waals surface area contributed by atoms with E-state index < -0.39 is 0 Å². The first-order chi connectivity index (χ1) is 11.1. The SMILES string of the molecule is Nc1cc2c(NC(=O)NCc3ccc(Br)cc3)cccc2cn1. The van der Waals surface area contributed by atoms with Gasteiger partial charge in [0.15, 0.2) is 0 Å². The summed E-state index contributed by atoms with van der Waals surface area (Å²) in [6.45, 7) is 0.452. The molecule has 116 valence electrons. The van der Waals surface area contributed by atoms with Crippen molar-refractivity contribution in [3.8, 4) is 0 Å². The molecule has 6 heteroatoms. The minimum atomic E-state index is -0.268. The highest BCUT2D eigenvalue weighted by Gasteiger charge is 2.06. The number of hydrogen-bond donors (Lipinski definition) is 3. The van der Waals surface area contributed by atoms with Gasteiger partial charge in [0.05, 0.1) is 5.69 Å². The van der Waals surface area contributed by atoms with Crippen molar-refractivity contribution in [1.82, 2.24) is 10.3 Å². The van der Waals surface area contributed by atoms with E-state index in [4.69, 9.17) is 5.73 Å². The van der Waals surface area contributed by atoms with Crippen molar-refractivity contribution in [3.05, 3.63) is 64.8 Å². The fraction of sp³-hybridized carbons (Fsp3) is 0.0588. The van der Waals surface area contributed by atoms with Gasteiger partial charge in [-0.2, -0.15) is 0 Å². The van der Waals surface area contributed by atoms with Crippen LogP contribution in [0.1, 0.15) is 5.56 Å². The largest absolute Gasteiger partial charge is 0.384 e. The number of rotatable bonds is 3. The van der Waals surface area contributed by atoms with Crippen LogP contribution in [0.15, 0.2) is 59.2 Å². The number of nitrogens with one attached hydrogen (secondary N) is 2. The van der Waals surface area contributed by atoms with Crippen LogP contribution in [0, 0.1) is 0 Å². The molecule has 0 aliphatic heterocycles.